The van der Waals surface area contributed by atoms with Crippen molar-refractivity contribution in [3.05, 3.63) is 33.9 Å². The SMILES string of the molecule is CC(=O)Nc1ccc(C(=O)N(C(C)C)C(C)C)cc1[N+](=O)[O-]. The van der Waals surface area contributed by atoms with Crippen LogP contribution in [0.1, 0.15) is 45.0 Å². The summed E-state index contributed by atoms with van der Waals surface area (Å²) in [7, 11) is 0. The van der Waals surface area contributed by atoms with Crippen LogP contribution in [-0.2, 0) is 4.79 Å². The Morgan fingerprint density at radius 3 is 2.14 bits per heavy atom. The number of nitrogens with zero attached hydrogens (tertiary/aromatic N) is 2. The highest BCUT2D eigenvalue weighted by atomic mass is 16.6. The Balaban J connectivity index is 3.26. The molecule has 0 atom stereocenters. The van der Waals surface area contributed by atoms with E-state index in [1.54, 1.807) is 4.90 Å². The maximum absolute atomic E-state index is 12.6. The summed E-state index contributed by atoms with van der Waals surface area (Å²) in [5, 5.41) is 13.5. The lowest BCUT2D eigenvalue weighted by Gasteiger charge is -2.30. The number of hydrogen-bond acceptors (Lipinski definition) is 4. The van der Waals surface area contributed by atoms with Crippen LogP contribution in [0.2, 0.25) is 0 Å². The summed E-state index contributed by atoms with van der Waals surface area (Å²) < 4.78 is 0. The van der Waals surface area contributed by atoms with Gasteiger partial charge in [0.15, 0.2) is 0 Å². The summed E-state index contributed by atoms with van der Waals surface area (Å²) in [6.45, 7) is 8.81. The Labute approximate surface area is 129 Å². The van der Waals surface area contributed by atoms with E-state index in [9.17, 15) is 19.7 Å². The molecule has 0 bridgehead atoms. The number of nitro groups is 1. The Morgan fingerprint density at radius 1 is 1.18 bits per heavy atom. The van der Waals surface area contributed by atoms with Gasteiger partial charge in [-0.2, -0.15) is 0 Å². The Morgan fingerprint density at radius 2 is 1.73 bits per heavy atom. The zero-order chi connectivity index (χ0) is 17.0. The standard InChI is InChI=1S/C15H21N3O4/c1-9(2)17(10(3)4)15(20)12-6-7-13(16-11(5)19)14(8-12)18(21)22/h6-10H,1-5H3,(H,16,19). The second-order valence-corrected chi connectivity index (χ2v) is 5.57. The van der Waals surface area contributed by atoms with Crippen LogP contribution in [0.25, 0.3) is 0 Å². The predicted octanol–water partition coefficient (Wildman–Crippen LogP) is 2.81. The molecule has 1 aromatic carbocycles. The number of benzene rings is 1. The molecular formula is C15H21N3O4. The van der Waals surface area contributed by atoms with E-state index in [-0.39, 0.29) is 34.9 Å². The van der Waals surface area contributed by atoms with Crippen LogP contribution in [0.5, 0.6) is 0 Å². The van der Waals surface area contributed by atoms with Crippen molar-refractivity contribution in [2.45, 2.75) is 46.7 Å². The molecule has 7 heteroatoms. The molecule has 0 aliphatic rings. The first-order valence-corrected chi connectivity index (χ1v) is 7.03. The van der Waals surface area contributed by atoms with Gasteiger partial charge in [-0.25, -0.2) is 0 Å². The molecule has 0 aliphatic carbocycles. The second-order valence-electron chi connectivity index (χ2n) is 5.57. The number of nitro benzene ring substituents is 1. The summed E-state index contributed by atoms with van der Waals surface area (Å²) >= 11 is 0. The number of nitrogens with one attached hydrogen (secondary N) is 1. The summed E-state index contributed by atoms with van der Waals surface area (Å²) in [5.74, 6) is -0.685. The van der Waals surface area contributed by atoms with Gasteiger partial charge in [0.05, 0.1) is 4.92 Å². The van der Waals surface area contributed by atoms with Crippen LogP contribution in [0, 0.1) is 10.1 Å². The average Bonchev–Trinajstić information content (AvgIpc) is 2.37. The Bertz CT molecular complexity index is 588. The van der Waals surface area contributed by atoms with Crippen molar-refractivity contribution in [1.82, 2.24) is 4.90 Å². The van der Waals surface area contributed by atoms with Crippen molar-refractivity contribution in [3.8, 4) is 0 Å². The molecule has 2 amide bonds. The molecule has 0 fully saturated rings. The highest BCUT2D eigenvalue weighted by molar-refractivity contribution is 5.98. The molecule has 0 radical (unpaired) electrons. The molecule has 0 heterocycles. The largest absolute Gasteiger partial charge is 0.334 e. The third-order valence-electron chi connectivity index (χ3n) is 3.10. The summed E-state index contributed by atoms with van der Waals surface area (Å²) in [6.07, 6.45) is 0. The lowest BCUT2D eigenvalue weighted by Crippen LogP contribution is -2.42. The van der Waals surface area contributed by atoms with Gasteiger partial charge < -0.3 is 10.2 Å². The topological polar surface area (TPSA) is 92.6 Å². The van der Waals surface area contributed by atoms with E-state index in [1.807, 2.05) is 27.7 Å². The maximum atomic E-state index is 12.6. The molecule has 0 saturated carbocycles. The van der Waals surface area contributed by atoms with Crippen molar-refractivity contribution in [3.63, 3.8) is 0 Å². The van der Waals surface area contributed by atoms with Gasteiger partial charge in [0.1, 0.15) is 5.69 Å². The first-order chi connectivity index (χ1) is 10.1. The first kappa shape index (κ1) is 17.6. The van der Waals surface area contributed by atoms with Crippen molar-refractivity contribution in [2.24, 2.45) is 0 Å². The number of amides is 2. The fourth-order valence-corrected chi connectivity index (χ4v) is 2.33. The molecule has 1 N–H and O–H groups in total. The monoisotopic (exact) mass is 307 g/mol. The minimum absolute atomic E-state index is 0.0263. The highest BCUT2D eigenvalue weighted by Gasteiger charge is 2.24. The molecular weight excluding hydrogens is 286 g/mol. The van der Waals surface area contributed by atoms with Crippen LogP contribution < -0.4 is 5.32 Å². The third-order valence-corrected chi connectivity index (χ3v) is 3.10. The maximum Gasteiger partial charge on any atom is 0.293 e. The van der Waals surface area contributed by atoms with Crippen LogP contribution in [0.3, 0.4) is 0 Å². The minimum atomic E-state index is -0.614. The fraction of sp³-hybridized carbons (Fsp3) is 0.467. The van der Waals surface area contributed by atoms with Crippen LogP contribution in [0.15, 0.2) is 18.2 Å². The zero-order valence-electron chi connectivity index (χ0n) is 13.4. The molecule has 7 nitrogen and oxygen atoms in total. The number of carbonyl (C=O) groups is 2. The van der Waals surface area contributed by atoms with E-state index >= 15 is 0 Å². The van der Waals surface area contributed by atoms with Gasteiger partial charge in [0.25, 0.3) is 11.6 Å². The van der Waals surface area contributed by atoms with Gasteiger partial charge in [-0.05, 0) is 39.8 Å². The van der Waals surface area contributed by atoms with Crippen LogP contribution in [-0.4, -0.2) is 33.7 Å². The van der Waals surface area contributed by atoms with E-state index in [0.29, 0.717) is 0 Å². The second kappa shape index (κ2) is 7.02. The lowest BCUT2D eigenvalue weighted by atomic mass is 10.1. The molecule has 22 heavy (non-hydrogen) atoms. The molecule has 0 unspecified atom stereocenters. The summed E-state index contributed by atoms with van der Waals surface area (Å²) in [6, 6.07) is 4.01. The smallest absolute Gasteiger partial charge is 0.293 e. The molecule has 0 saturated heterocycles. The van der Waals surface area contributed by atoms with Gasteiger partial charge in [-0.1, -0.05) is 0 Å². The van der Waals surface area contributed by atoms with E-state index in [2.05, 4.69) is 5.32 Å². The van der Waals surface area contributed by atoms with Gasteiger partial charge in [0, 0.05) is 30.6 Å². The van der Waals surface area contributed by atoms with Crippen LogP contribution >= 0.6 is 0 Å². The number of hydrogen-bond donors (Lipinski definition) is 1. The average molecular weight is 307 g/mol. The van der Waals surface area contributed by atoms with Gasteiger partial charge in [0.2, 0.25) is 5.91 Å². The predicted molar refractivity (Wildman–Crippen MR) is 83.8 cm³/mol. The van der Waals surface area contributed by atoms with E-state index < -0.39 is 10.8 Å². The first-order valence-electron chi connectivity index (χ1n) is 7.03. The molecule has 0 aromatic heterocycles. The van der Waals surface area contributed by atoms with E-state index in [4.69, 9.17) is 0 Å². The highest BCUT2D eigenvalue weighted by Crippen LogP contribution is 2.26. The van der Waals surface area contributed by atoms with E-state index in [1.165, 1.54) is 25.1 Å². The fourth-order valence-electron chi connectivity index (χ4n) is 2.33. The van der Waals surface area contributed by atoms with Gasteiger partial charge in [-0.3, -0.25) is 19.7 Å². The summed E-state index contributed by atoms with van der Waals surface area (Å²) in [5.41, 5.74) is 0.00593. The molecule has 1 rings (SSSR count). The normalized spacial score (nSPS) is 10.7. The summed E-state index contributed by atoms with van der Waals surface area (Å²) in [4.78, 5) is 35.8. The minimum Gasteiger partial charge on any atom is -0.334 e. The van der Waals surface area contributed by atoms with Crippen LogP contribution in [0.4, 0.5) is 11.4 Å². The zero-order valence-corrected chi connectivity index (χ0v) is 13.4. The Hall–Kier alpha value is -2.44. The quantitative estimate of drug-likeness (QED) is 0.668. The van der Waals surface area contributed by atoms with Crippen molar-refractivity contribution < 1.29 is 14.5 Å². The molecule has 0 spiro atoms. The van der Waals surface area contributed by atoms with Crippen molar-refractivity contribution >= 4 is 23.2 Å². The molecule has 1 aromatic rings. The molecule has 120 valence electrons. The van der Waals surface area contributed by atoms with Gasteiger partial charge >= 0.3 is 0 Å². The molecule has 0 aliphatic heterocycles. The van der Waals surface area contributed by atoms with Crippen molar-refractivity contribution in [2.75, 3.05) is 5.32 Å². The van der Waals surface area contributed by atoms with Gasteiger partial charge in [-0.15, -0.1) is 0 Å². The van der Waals surface area contributed by atoms with E-state index in [0.717, 1.165) is 0 Å². The Kier molecular flexibility index (Phi) is 5.62. The lowest BCUT2D eigenvalue weighted by molar-refractivity contribution is -0.384. The third kappa shape index (κ3) is 4.03. The number of anilines is 1. The number of rotatable bonds is 5. The number of carbonyl (C=O) groups excluding carboxylic acids is 2. The van der Waals surface area contributed by atoms with Crippen molar-refractivity contribution in [1.29, 1.82) is 0 Å².